The number of hydrogen-bond acceptors (Lipinski definition) is 6. The number of piperidine rings is 1. The predicted octanol–water partition coefficient (Wildman–Crippen LogP) is 3.14. The van der Waals surface area contributed by atoms with Crippen LogP contribution in [0.1, 0.15) is 29.6 Å². The van der Waals surface area contributed by atoms with Crippen LogP contribution >= 0.6 is 0 Å². The molecule has 8 nitrogen and oxygen atoms in total. The third-order valence-corrected chi connectivity index (χ3v) is 6.89. The molecule has 0 saturated carbocycles. The molecule has 3 rings (SSSR count). The van der Waals surface area contributed by atoms with Crippen LogP contribution < -0.4 is 19.5 Å². The Hall–Kier alpha value is -2.78. The second-order valence-electron chi connectivity index (χ2n) is 6.85. The van der Waals surface area contributed by atoms with E-state index in [0.29, 0.717) is 36.0 Å². The maximum absolute atomic E-state index is 12.9. The highest BCUT2D eigenvalue weighted by atomic mass is 32.2. The lowest BCUT2D eigenvalue weighted by atomic mass is 10.1. The topological polar surface area (TPSA) is 94.2 Å². The highest BCUT2D eigenvalue weighted by molar-refractivity contribution is 7.89. The van der Waals surface area contributed by atoms with Gasteiger partial charge in [0, 0.05) is 30.9 Å². The third kappa shape index (κ3) is 4.52. The summed E-state index contributed by atoms with van der Waals surface area (Å²) >= 11 is 0. The SMILES string of the molecule is COc1cc(OC)c(C(=O)Nc2cccc(S(=O)(=O)N3CCCCC3)c2)cc1OC. The van der Waals surface area contributed by atoms with Crippen LogP contribution in [0, 0.1) is 0 Å². The lowest BCUT2D eigenvalue weighted by molar-refractivity contribution is 0.102. The van der Waals surface area contributed by atoms with Crippen molar-refractivity contribution in [2.45, 2.75) is 24.2 Å². The molecule has 30 heavy (non-hydrogen) atoms. The molecule has 0 spiro atoms. The smallest absolute Gasteiger partial charge is 0.259 e. The molecule has 9 heteroatoms. The molecular weight excluding hydrogens is 408 g/mol. The number of rotatable bonds is 7. The number of benzene rings is 2. The number of nitrogens with zero attached hydrogens (tertiary/aromatic N) is 1. The number of anilines is 1. The monoisotopic (exact) mass is 434 g/mol. The summed E-state index contributed by atoms with van der Waals surface area (Å²) in [6.45, 7) is 1.03. The van der Waals surface area contributed by atoms with E-state index >= 15 is 0 Å². The van der Waals surface area contributed by atoms with Crippen molar-refractivity contribution in [1.82, 2.24) is 4.31 Å². The zero-order valence-corrected chi connectivity index (χ0v) is 18.1. The molecule has 1 N–H and O–H groups in total. The van der Waals surface area contributed by atoms with Crippen LogP contribution in [0.15, 0.2) is 41.3 Å². The molecule has 0 bridgehead atoms. The van der Waals surface area contributed by atoms with Gasteiger partial charge in [0.1, 0.15) is 5.75 Å². The number of hydrogen-bond donors (Lipinski definition) is 1. The summed E-state index contributed by atoms with van der Waals surface area (Å²) in [4.78, 5) is 13.0. The normalized spacial score (nSPS) is 14.8. The number of carbonyl (C=O) groups is 1. The van der Waals surface area contributed by atoms with Crippen LogP contribution in [-0.2, 0) is 10.0 Å². The zero-order valence-electron chi connectivity index (χ0n) is 17.3. The molecule has 0 radical (unpaired) electrons. The van der Waals surface area contributed by atoms with Crippen molar-refractivity contribution in [3.05, 3.63) is 42.0 Å². The standard InChI is InChI=1S/C21H26N2O6S/c1-27-18-14-20(29-3)19(28-2)13-17(18)21(24)22-15-8-7-9-16(12-15)30(25,26)23-10-5-4-6-11-23/h7-9,12-14H,4-6,10-11H2,1-3H3,(H,22,24). The van der Waals surface area contributed by atoms with Crippen LogP contribution in [0.5, 0.6) is 17.2 Å². The maximum atomic E-state index is 12.9. The van der Waals surface area contributed by atoms with E-state index in [1.807, 2.05) is 0 Å². The van der Waals surface area contributed by atoms with Crippen LogP contribution in [0.2, 0.25) is 0 Å². The fourth-order valence-electron chi connectivity index (χ4n) is 3.39. The van der Waals surface area contributed by atoms with E-state index in [1.165, 1.54) is 43.8 Å². The number of nitrogens with one attached hydrogen (secondary N) is 1. The van der Waals surface area contributed by atoms with Crippen molar-refractivity contribution in [1.29, 1.82) is 0 Å². The molecule has 1 aliphatic rings. The summed E-state index contributed by atoms with van der Waals surface area (Å²) in [5.74, 6) is 0.660. The Morgan fingerprint density at radius 2 is 1.53 bits per heavy atom. The third-order valence-electron chi connectivity index (χ3n) is 5.00. The molecule has 1 fully saturated rings. The Labute approximate surface area is 176 Å². The average molecular weight is 435 g/mol. The highest BCUT2D eigenvalue weighted by Gasteiger charge is 2.26. The van der Waals surface area contributed by atoms with Crippen molar-refractivity contribution in [2.75, 3.05) is 39.7 Å². The first-order valence-electron chi connectivity index (χ1n) is 9.62. The number of sulfonamides is 1. The van der Waals surface area contributed by atoms with Crippen molar-refractivity contribution in [3.63, 3.8) is 0 Å². The molecule has 0 aliphatic carbocycles. The minimum absolute atomic E-state index is 0.154. The fourth-order valence-corrected chi connectivity index (χ4v) is 4.96. The molecule has 1 heterocycles. The summed E-state index contributed by atoms with van der Waals surface area (Å²) in [5.41, 5.74) is 0.606. The van der Waals surface area contributed by atoms with E-state index in [9.17, 15) is 13.2 Å². The highest BCUT2D eigenvalue weighted by Crippen LogP contribution is 2.35. The van der Waals surface area contributed by atoms with Gasteiger partial charge in [-0.15, -0.1) is 0 Å². The van der Waals surface area contributed by atoms with Gasteiger partial charge in [-0.3, -0.25) is 4.79 Å². The van der Waals surface area contributed by atoms with E-state index in [-0.39, 0.29) is 10.5 Å². The Morgan fingerprint density at radius 1 is 0.900 bits per heavy atom. The minimum atomic E-state index is -3.60. The molecule has 2 aromatic rings. The van der Waals surface area contributed by atoms with E-state index in [0.717, 1.165) is 19.3 Å². The zero-order chi connectivity index (χ0) is 21.7. The van der Waals surface area contributed by atoms with E-state index in [4.69, 9.17) is 14.2 Å². The van der Waals surface area contributed by atoms with Crippen molar-refractivity contribution in [2.24, 2.45) is 0 Å². The van der Waals surface area contributed by atoms with Crippen molar-refractivity contribution in [3.8, 4) is 17.2 Å². The fraction of sp³-hybridized carbons (Fsp3) is 0.381. The van der Waals surface area contributed by atoms with Crippen LogP contribution in [0.25, 0.3) is 0 Å². The first kappa shape index (κ1) is 21.9. The first-order valence-corrected chi connectivity index (χ1v) is 11.1. The molecule has 1 saturated heterocycles. The Kier molecular flexibility index (Phi) is 6.84. The second kappa shape index (κ2) is 9.36. The summed E-state index contributed by atoms with van der Waals surface area (Å²) in [6.07, 6.45) is 2.75. The Balaban J connectivity index is 1.87. The largest absolute Gasteiger partial charge is 0.496 e. The Bertz CT molecular complexity index is 1020. The van der Waals surface area contributed by atoms with Gasteiger partial charge < -0.3 is 19.5 Å². The maximum Gasteiger partial charge on any atom is 0.259 e. The minimum Gasteiger partial charge on any atom is -0.496 e. The second-order valence-corrected chi connectivity index (χ2v) is 8.79. The van der Waals surface area contributed by atoms with Gasteiger partial charge in [0.05, 0.1) is 31.8 Å². The van der Waals surface area contributed by atoms with Crippen LogP contribution in [-0.4, -0.2) is 53.0 Å². The van der Waals surface area contributed by atoms with Crippen molar-refractivity contribution < 1.29 is 27.4 Å². The average Bonchev–Trinajstić information content (AvgIpc) is 2.78. The van der Waals surface area contributed by atoms with Gasteiger partial charge in [-0.2, -0.15) is 4.31 Å². The number of ether oxygens (including phenoxy) is 3. The molecule has 0 unspecified atom stereocenters. The molecule has 1 amide bonds. The summed E-state index contributed by atoms with van der Waals surface area (Å²) in [7, 11) is 0.816. The molecule has 2 aromatic carbocycles. The lowest BCUT2D eigenvalue weighted by Crippen LogP contribution is -2.35. The van der Waals surface area contributed by atoms with Gasteiger partial charge in [0.15, 0.2) is 11.5 Å². The molecule has 162 valence electrons. The number of carbonyl (C=O) groups excluding carboxylic acids is 1. The summed E-state index contributed by atoms with van der Waals surface area (Å²) in [6, 6.07) is 9.33. The lowest BCUT2D eigenvalue weighted by Gasteiger charge is -2.26. The predicted molar refractivity (Wildman–Crippen MR) is 113 cm³/mol. The van der Waals surface area contributed by atoms with Gasteiger partial charge in [0.2, 0.25) is 10.0 Å². The van der Waals surface area contributed by atoms with Gasteiger partial charge in [0.25, 0.3) is 5.91 Å². The van der Waals surface area contributed by atoms with Gasteiger partial charge in [-0.25, -0.2) is 8.42 Å². The van der Waals surface area contributed by atoms with Gasteiger partial charge in [-0.05, 0) is 31.0 Å². The van der Waals surface area contributed by atoms with Crippen LogP contribution in [0.4, 0.5) is 5.69 Å². The first-order chi connectivity index (χ1) is 14.4. The quantitative estimate of drug-likeness (QED) is 0.720. The molecule has 1 aliphatic heterocycles. The van der Waals surface area contributed by atoms with E-state index in [2.05, 4.69) is 5.32 Å². The molecular formula is C21H26N2O6S. The molecule has 0 aromatic heterocycles. The number of amides is 1. The molecule has 0 atom stereocenters. The summed E-state index contributed by atoms with van der Waals surface area (Å²) in [5, 5.41) is 2.74. The van der Waals surface area contributed by atoms with Gasteiger partial charge >= 0.3 is 0 Å². The number of methoxy groups -OCH3 is 3. The summed E-state index contributed by atoms with van der Waals surface area (Å²) < 4.78 is 43.1. The van der Waals surface area contributed by atoms with E-state index in [1.54, 1.807) is 18.2 Å². The Morgan fingerprint density at radius 3 is 2.17 bits per heavy atom. The van der Waals surface area contributed by atoms with Crippen molar-refractivity contribution >= 4 is 21.6 Å². The van der Waals surface area contributed by atoms with Crippen LogP contribution in [0.3, 0.4) is 0 Å². The van der Waals surface area contributed by atoms with E-state index < -0.39 is 15.9 Å². The van der Waals surface area contributed by atoms with Gasteiger partial charge in [-0.1, -0.05) is 12.5 Å².